The van der Waals surface area contributed by atoms with Crippen LogP contribution in [0, 0.1) is 0 Å². The average Bonchev–Trinajstić information content (AvgIpc) is 2.92. The fourth-order valence-corrected chi connectivity index (χ4v) is 3.19. The van der Waals surface area contributed by atoms with E-state index in [1.807, 2.05) is 4.90 Å². The molecule has 2 aliphatic rings. The topological polar surface area (TPSA) is 44.4 Å². The third-order valence-corrected chi connectivity index (χ3v) is 4.34. The van der Waals surface area contributed by atoms with E-state index in [9.17, 15) is 4.79 Å². The van der Waals surface area contributed by atoms with Crippen molar-refractivity contribution < 1.29 is 4.79 Å². The summed E-state index contributed by atoms with van der Waals surface area (Å²) >= 11 is 0. The van der Waals surface area contributed by atoms with Gasteiger partial charge >= 0.3 is 0 Å². The van der Waals surface area contributed by atoms with E-state index in [0.29, 0.717) is 24.4 Å². The molecule has 2 rings (SSSR count). The summed E-state index contributed by atoms with van der Waals surface area (Å²) in [5, 5.41) is 7.02. The van der Waals surface area contributed by atoms with Crippen molar-refractivity contribution in [1.82, 2.24) is 15.5 Å². The van der Waals surface area contributed by atoms with Crippen LogP contribution in [0.3, 0.4) is 0 Å². The molecule has 0 aromatic rings. The molecule has 2 aliphatic heterocycles. The van der Waals surface area contributed by atoms with Crippen molar-refractivity contribution in [3.63, 3.8) is 0 Å². The number of carbonyl (C=O) groups is 1. The number of hydrogen-bond donors (Lipinski definition) is 2. The van der Waals surface area contributed by atoms with Crippen LogP contribution in [0.15, 0.2) is 0 Å². The number of rotatable bonds is 6. The van der Waals surface area contributed by atoms with Gasteiger partial charge in [0.05, 0.1) is 0 Å². The van der Waals surface area contributed by atoms with Crippen molar-refractivity contribution in [3.05, 3.63) is 0 Å². The number of piperidine rings is 1. The summed E-state index contributed by atoms with van der Waals surface area (Å²) in [6, 6.07) is 1.19. The lowest BCUT2D eigenvalue weighted by molar-refractivity contribution is -0.131. The van der Waals surface area contributed by atoms with E-state index in [1.165, 1.54) is 45.1 Å². The smallest absolute Gasteiger partial charge is 0.223 e. The van der Waals surface area contributed by atoms with E-state index in [1.54, 1.807) is 0 Å². The zero-order chi connectivity index (χ0) is 13.5. The molecule has 2 fully saturated rings. The van der Waals surface area contributed by atoms with Gasteiger partial charge in [0.15, 0.2) is 0 Å². The Morgan fingerprint density at radius 3 is 2.79 bits per heavy atom. The second kappa shape index (κ2) is 7.85. The van der Waals surface area contributed by atoms with Crippen molar-refractivity contribution in [1.29, 1.82) is 0 Å². The first-order chi connectivity index (χ1) is 9.25. The fraction of sp³-hybridized carbons (Fsp3) is 0.933. The van der Waals surface area contributed by atoms with Crippen molar-refractivity contribution in [2.24, 2.45) is 0 Å². The van der Waals surface area contributed by atoms with Gasteiger partial charge in [0.2, 0.25) is 5.91 Å². The molecule has 2 atom stereocenters. The summed E-state index contributed by atoms with van der Waals surface area (Å²) in [4.78, 5) is 14.0. The van der Waals surface area contributed by atoms with E-state index < -0.39 is 0 Å². The normalized spacial score (nSPS) is 25.5. The Hall–Kier alpha value is -0.610. The summed E-state index contributed by atoms with van der Waals surface area (Å²) in [7, 11) is 0. The number of carbonyl (C=O) groups excluding carboxylic acids is 1. The highest BCUT2D eigenvalue weighted by Crippen LogP contribution is 2.11. The highest BCUT2D eigenvalue weighted by Gasteiger charge is 2.18. The van der Waals surface area contributed by atoms with Gasteiger partial charge in [-0.1, -0.05) is 0 Å². The maximum Gasteiger partial charge on any atom is 0.223 e. The monoisotopic (exact) mass is 267 g/mol. The Morgan fingerprint density at radius 2 is 2.11 bits per heavy atom. The van der Waals surface area contributed by atoms with E-state index in [4.69, 9.17) is 0 Å². The molecule has 2 heterocycles. The van der Waals surface area contributed by atoms with Gasteiger partial charge in [0, 0.05) is 38.1 Å². The van der Waals surface area contributed by atoms with Gasteiger partial charge in [-0.05, 0) is 52.0 Å². The predicted molar refractivity (Wildman–Crippen MR) is 78.2 cm³/mol. The van der Waals surface area contributed by atoms with E-state index in [-0.39, 0.29) is 0 Å². The molecule has 0 radical (unpaired) electrons. The van der Waals surface area contributed by atoms with E-state index >= 15 is 0 Å². The molecular formula is C15H29N3O. The van der Waals surface area contributed by atoms with Crippen LogP contribution in [-0.2, 0) is 4.79 Å². The first-order valence-electron chi connectivity index (χ1n) is 8.00. The first kappa shape index (κ1) is 14.8. The summed E-state index contributed by atoms with van der Waals surface area (Å²) in [5.74, 6) is 0.332. The Labute approximate surface area is 117 Å². The minimum absolute atomic E-state index is 0.332. The summed E-state index contributed by atoms with van der Waals surface area (Å²) in [5.41, 5.74) is 0. The Balaban J connectivity index is 1.55. The van der Waals surface area contributed by atoms with Gasteiger partial charge in [-0.15, -0.1) is 0 Å². The molecule has 0 aromatic heterocycles. The molecule has 0 saturated carbocycles. The van der Waals surface area contributed by atoms with Crippen LogP contribution >= 0.6 is 0 Å². The minimum Gasteiger partial charge on any atom is -0.343 e. The molecule has 19 heavy (non-hydrogen) atoms. The number of nitrogens with one attached hydrogen (secondary N) is 2. The predicted octanol–water partition coefficient (Wildman–Crippen LogP) is 1.51. The Kier molecular flexibility index (Phi) is 6.11. The number of amides is 1. The van der Waals surface area contributed by atoms with Crippen LogP contribution in [0.2, 0.25) is 0 Å². The molecule has 0 aliphatic carbocycles. The van der Waals surface area contributed by atoms with Crippen LogP contribution in [0.1, 0.15) is 51.9 Å². The zero-order valence-corrected chi connectivity index (χ0v) is 12.3. The third kappa shape index (κ3) is 5.11. The lowest BCUT2D eigenvalue weighted by Crippen LogP contribution is -2.39. The highest BCUT2D eigenvalue weighted by molar-refractivity contribution is 5.76. The number of hydrogen-bond acceptors (Lipinski definition) is 3. The SMILES string of the molecule is CC(CC1CCCN1)NCCC(=O)N1CCCCC1. The average molecular weight is 267 g/mol. The van der Waals surface area contributed by atoms with Crippen molar-refractivity contribution in [3.8, 4) is 0 Å². The Morgan fingerprint density at radius 1 is 1.32 bits per heavy atom. The summed E-state index contributed by atoms with van der Waals surface area (Å²) in [6.07, 6.45) is 8.10. The molecular weight excluding hydrogens is 238 g/mol. The number of likely N-dealkylation sites (tertiary alicyclic amines) is 1. The summed E-state index contributed by atoms with van der Waals surface area (Å²) < 4.78 is 0. The molecule has 0 spiro atoms. The lowest BCUT2D eigenvalue weighted by atomic mass is 10.1. The fourth-order valence-electron chi connectivity index (χ4n) is 3.19. The molecule has 4 nitrogen and oxygen atoms in total. The minimum atomic E-state index is 0.332. The van der Waals surface area contributed by atoms with Crippen LogP contribution in [0.25, 0.3) is 0 Å². The molecule has 0 bridgehead atoms. The van der Waals surface area contributed by atoms with Gasteiger partial charge in [0.25, 0.3) is 0 Å². The van der Waals surface area contributed by atoms with E-state index in [2.05, 4.69) is 17.6 Å². The summed E-state index contributed by atoms with van der Waals surface area (Å²) in [6.45, 7) is 6.17. The van der Waals surface area contributed by atoms with Crippen LogP contribution in [-0.4, -0.2) is 49.1 Å². The first-order valence-corrected chi connectivity index (χ1v) is 8.00. The van der Waals surface area contributed by atoms with Crippen LogP contribution < -0.4 is 10.6 Å². The zero-order valence-electron chi connectivity index (χ0n) is 12.3. The maximum atomic E-state index is 12.0. The largest absolute Gasteiger partial charge is 0.343 e. The van der Waals surface area contributed by atoms with Crippen LogP contribution in [0.4, 0.5) is 0 Å². The molecule has 2 unspecified atom stereocenters. The molecule has 2 saturated heterocycles. The number of nitrogens with zero attached hydrogens (tertiary/aromatic N) is 1. The van der Waals surface area contributed by atoms with Crippen molar-refractivity contribution in [2.75, 3.05) is 26.2 Å². The Bertz CT molecular complexity index is 271. The van der Waals surface area contributed by atoms with Crippen molar-refractivity contribution in [2.45, 2.75) is 64.0 Å². The molecule has 0 aromatic carbocycles. The highest BCUT2D eigenvalue weighted by atomic mass is 16.2. The van der Waals surface area contributed by atoms with Gasteiger partial charge in [-0.2, -0.15) is 0 Å². The van der Waals surface area contributed by atoms with Gasteiger partial charge in [-0.25, -0.2) is 0 Å². The lowest BCUT2D eigenvalue weighted by Gasteiger charge is -2.27. The quantitative estimate of drug-likeness (QED) is 0.767. The van der Waals surface area contributed by atoms with Gasteiger partial charge in [-0.3, -0.25) is 4.79 Å². The maximum absolute atomic E-state index is 12.0. The second-order valence-corrected chi connectivity index (χ2v) is 6.08. The molecule has 4 heteroatoms. The van der Waals surface area contributed by atoms with Gasteiger partial charge < -0.3 is 15.5 Å². The van der Waals surface area contributed by atoms with Crippen LogP contribution in [0.5, 0.6) is 0 Å². The van der Waals surface area contributed by atoms with E-state index in [0.717, 1.165) is 19.6 Å². The second-order valence-electron chi connectivity index (χ2n) is 6.08. The molecule has 1 amide bonds. The van der Waals surface area contributed by atoms with Gasteiger partial charge in [0.1, 0.15) is 0 Å². The van der Waals surface area contributed by atoms with Crippen molar-refractivity contribution >= 4 is 5.91 Å². The third-order valence-electron chi connectivity index (χ3n) is 4.34. The molecule has 2 N–H and O–H groups in total. The standard InChI is InChI=1S/C15H29N3O/c1-13(12-14-6-5-8-17-14)16-9-7-15(19)18-10-3-2-4-11-18/h13-14,16-17H,2-12H2,1H3. The molecule has 110 valence electrons.